The van der Waals surface area contributed by atoms with Gasteiger partial charge in [0, 0.05) is 30.4 Å². The quantitative estimate of drug-likeness (QED) is 0.844. The first-order valence-electron chi connectivity index (χ1n) is 8.99. The summed E-state index contributed by atoms with van der Waals surface area (Å²) in [5.74, 6) is 1.32. The van der Waals surface area contributed by atoms with Gasteiger partial charge in [0.2, 0.25) is 0 Å². The molecule has 134 valence electrons. The maximum absolute atomic E-state index is 13.0. The fourth-order valence-electron chi connectivity index (χ4n) is 4.06. The number of aromatic nitrogens is 3. The van der Waals surface area contributed by atoms with Crippen molar-refractivity contribution in [1.82, 2.24) is 19.2 Å². The lowest BCUT2D eigenvalue weighted by molar-refractivity contribution is 0.0670. The van der Waals surface area contributed by atoms with Crippen LogP contribution >= 0.6 is 11.3 Å². The molecule has 0 radical (unpaired) electrons. The van der Waals surface area contributed by atoms with Crippen LogP contribution in [0, 0.1) is 12.8 Å². The molecule has 2 atom stereocenters. The van der Waals surface area contributed by atoms with Gasteiger partial charge < -0.3 is 4.90 Å². The highest BCUT2D eigenvalue weighted by Gasteiger charge is 2.41. The number of carbonyl (C=O) groups is 1. The van der Waals surface area contributed by atoms with Gasteiger partial charge in [0.1, 0.15) is 5.82 Å². The molecule has 0 aromatic carbocycles. The van der Waals surface area contributed by atoms with Crippen LogP contribution in [0.3, 0.4) is 0 Å². The number of rotatable bonds is 3. The molecule has 7 heteroatoms. The molecule has 0 N–H and O–H groups in total. The van der Waals surface area contributed by atoms with Gasteiger partial charge >= 0.3 is 5.69 Å². The van der Waals surface area contributed by atoms with Gasteiger partial charge in [-0.15, -0.1) is 11.3 Å². The van der Waals surface area contributed by atoms with Crippen molar-refractivity contribution in [3.05, 3.63) is 38.2 Å². The van der Waals surface area contributed by atoms with Gasteiger partial charge in [0.05, 0.1) is 10.9 Å². The summed E-state index contributed by atoms with van der Waals surface area (Å²) in [6.45, 7) is 7.41. The first kappa shape index (κ1) is 16.6. The number of nitrogens with zero attached hydrogens (tertiary/aromatic N) is 4. The zero-order chi connectivity index (χ0) is 17.7. The highest BCUT2D eigenvalue weighted by Crippen LogP contribution is 2.33. The minimum atomic E-state index is -0.0318. The highest BCUT2D eigenvalue weighted by molar-refractivity contribution is 7.13. The minimum Gasteiger partial charge on any atom is -0.330 e. The SMILES string of the molecule is Cc1ccc(C(=O)N2[C@@H]3CC[C@H]2Cc2nn(CC(C)C)c(=O)n2C3)s1. The van der Waals surface area contributed by atoms with Crippen LogP contribution in [0.1, 0.15) is 47.1 Å². The van der Waals surface area contributed by atoms with Crippen molar-refractivity contribution in [3.8, 4) is 0 Å². The Balaban J connectivity index is 1.64. The topological polar surface area (TPSA) is 60.1 Å². The molecule has 25 heavy (non-hydrogen) atoms. The molecule has 6 nitrogen and oxygen atoms in total. The molecule has 1 amide bonds. The van der Waals surface area contributed by atoms with Crippen molar-refractivity contribution in [1.29, 1.82) is 0 Å². The monoisotopic (exact) mass is 360 g/mol. The van der Waals surface area contributed by atoms with Gasteiger partial charge in [-0.3, -0.25) is 9.36 Å². The van der Waals surface area contributed by atoms with Gasteiger partial charge in [-0.2, -0.15) is 5.10 Å². The third kappa shape index (κ3) is 2.84. The zero-order valence-corrected chi connectivity index (χ0v) is 15.8. The number of aryl methyl sites for hydroxylation is 1. The predicted octanol–water partition coefficient (Wildman–Crippen LogP) is 2.30. The average Bonchev–Trinajstić information content (AvgIpc) is 3.17. The highest BCUT2D eigenvalue weighted by atomic mass is 32.1. The van der Waals surface area contributed by atoms with E-state index in [2.05, 4.69) is 18.9 Å². The Bertz CT molecular complexity index is 863. The molecule has 1 saturated heterocycles. The maximum atomic E-state index is 13.0. The smallest absolute Gasteiger partial charge is 0.330 e. The second kappa shape index (κ2) is 6.12. The number of thiophene rings is 1. The maximum Gasteiger partial charge on any atom is 0.345 e. The molecule has 0 unspecified atom stereocenters. The molecule has 2 aromatic heterocycles. The van der Waals surface area contributed by atoms with E-state index in [9.17, 15) is 9.59 Å². The van der Waals surface area contributed by atoms with Crippen LogP contribution in [0.25, 0.3) is 0 Å². The van der Waals surface area contributed by atoms with Crippen LogP contribution in [0.2, 0.25) is 0 Å². The third-order valence-electron chi connectivity index (χ3n) is 5.15. The first-order chi connectivity index (χ1) is 11.9. The average molecular weight is 360 g/mol. The summed E-state index contributed by atoms with van der Waals surface area (Å²) in [4.78, 5) is 29.7. The molecule has 0 aliphatic carbocycles. The van der Waals surface area contributed by atoms with E-state index in [-0.39, 0.29) is 23.7 Å². The molecule has 0 spiro atoms. The summed E-state index contributed by atoms with van der Waals surface area (Å²) >= 11 is 1.55. The largest absolute Gasteiger partial charge is 0.345 e. The van der Waals surface area contributed by atoms with Gasteiger partial charge in [-0.05, 0) is 37.8 Å². The second-order valence-corrected chi connectivity index (χ2v) is 8.89. The van der Waals surface area contributed by atoms with E-state index < -0.39 is 0 Å². The van der Waals surface area contributed by atoms with E-state index >= 15 is 0 Å². The molecular formula is C18H24N4O2S. The van der Waals surface area contributed by atoms with Crippen molar-refractivity contribution in [2.45, 2.75) is 65.2 Å². The lowest BCUT2D eigenvalue weighted by atomic mass is 10.1. The molecule has 2 bridgehead atoms. The Morgan fingerprint density at radius 1 is 1.32 bits per heavy atom. The lowest BCUT2D eigenvalue weighted by Gasteiger charge is -2.27. The molecule has 0 saturated carbocycles. The van der Waals surface area contributed by atoms with Crippen LogP contribution in [-0.2, 0) is 19.5 Å². The standard InChI is InChI=1S/C18H24N4O2S/c1-11(2)9-21-18(24)20-10-14-6-5-13(8-16(20)19-21)22(14)17(23)15-7-4-12(3)25-15/h4,7,11,13-14H,5-6,8-10H2,1-3H3/t13-,14+/m0/s1. The van der Waals surface area contributed by atoms with Crippen LogP contribution < -0.4 is 5.69 Å². The van der Waals surface area contributed by atoms with Crippen LogP contribution in [0.4, 0.5) is 0 Å². The van der Waals surface area contributed by atoms with Crippen LogP contribution in [0.15, 0.2) is 16.9 Å². The number of hydrogen-bond donors (Lipinski definition) is 0. The Morgan fingerprint density at radius 2 is 2.08 bits per heavy atom. The van der Waals surface area contributed by atoms with Gasteiger partial charge in [-0.25, -0.2) is 9.48 Å². The number of hydrogen-bond acceptors (Lipinski definition) is 4. The summed E-state index contributed by atoms with van der Waals surface area (Å²) in [5, 5.41) is 4.57. The van der Waals surface area contributed by atoms with Crippen molar-refractivity contribution in [2.24, 2.45) is 5.92 Å². The number of carbonyl (C=O) groups excluding carboxylic acids is 1. The van der Waals surface area contributed by atoms with E-state index in [0.29, 0.717) is 25.4 Å². The third-order valence-corrected chi connectivity index (χ3v) is 6.14. The van der Waals surface area contributed by atoms with E-state index in [0.717, 1.165) is 28.4 Å². The zero-order valence-electron chi connectivity index (χ0n) is 14.9. The molecule has 2 aliphatic rings. The Hall–Kier alpha value is -1.89. The molecule has 4 heterocycles. The Morgan fingerprint density at radius 3 is 2.76 bits per heavy atom. The van der Waals surface area contributed by atoms with Crippen LogP contribution in [-0.4, -0.2) is 37.2 Å². The van der Waals surface area contributed by atoms with Gasteiger partial charge in [-0.1, -0.05) is 13.8 Å². The Labute approximate surface area is 151 Å². The first-order valence-corrected chi connectivity index (χ1v) is 9.81. The molecule has 4 rings (SSSR count). The summed E-state index contributed by atoms with van der Waals surface area (Å²) < 4.78 is 3.39. The van der Waals surface area contributed by atoms with Crippen LogP contribution in [0.5, 0.6) is 0 Å². The predicted molar refractivity (Wildman–Crippen MR) is 97.1 cm³/mol. The van der Waals surface area contributed by atoms with E-state index in [1.54, 1.807) is 20.6 Å². The Kier molecular flexibility index (Phi) is 4.06. The molecular weight excluding hydrogens is 336 g/mol. The molecule has 2 aromatic rings. The van der Waals surface area contributed by atoms with Crippen molar-refractivity contribution >= 4 is 17.2 Å². The fraction of sp³-hybridized carbons (Fsp3) is 0.611. The van der Waals surface area contributed by atoms with Gasteiger partial charge in [0.25, 0.3) is 5.91 Å². The summed E-state index contributed by atoms with van der Waals surface area (Å²) in [5.41, 5.74) is -0.0318. The summed E-state index contributed by atoms with van der Waals surface area (Å²) in [6, 6.07) is 4.15. The minimum absolute atomic E-state index is 0.0318. The fourth-order valence-corrected chi connectivity index (χ4v) is 4.87. The van der Waals surface area contributed by atoms with Gasteiger partial charge in [0.15, 0.2) is 0 Å². The summed E-state index contributed by atoms with van der Waals surface area (Å²) in [6.07, 6.45) is 2.63. The van der Waals surface area contributed by atoms with Crippen molar-refractivity contribution in [3.63, 3.8) is 0 Å². The normalized spacial score (nSPS) is 22.3. The number of amides is 1. The van der Waals surface area contributed by atoms with E-state index in [1.165, 1.54) is 0 Å². The number of fused-ring (bicyclic) bond motifs is 3. The second-order valence-electron chi connectivity index (χ2n) is 7.60. The van der Waals surface area contributed by atoms with E-state index in [4.69, 9.17) is 0 Å². The summed E-state index contributed by atoms with van der Waals surface area (Å²) in [7, 11) is 0. The van der Waals surface area contributed by atoms with Crippen molar-refractivity contribution in [2.75, 3.05) is 0 Å². The molecule has 1 fully saturated rings. The lowest BCUT2D eigenvalue weighted by Crippen LogP contribution is -2.42. The van der Waals surface area contributed by atoms with Crippen molar-refractivity contribution < 1.29 is 4.79 Å². The molecule has 2 aliphatic heterocycles. The van der Waals surface area contributed by atoms with E-state index in [1.807, 2.05) is 24.0 Å².